The van der Waals surface area contributed by atoms with E-state index in [0.717, 1.165) is 36.8 Å². The number of nitrogens with zero attached hydrogens (tertiary/aromatic N) is 1. The van der Waals surface area contributed by atoms with Gasteiger partial charge in [0.2, 0.25) is 5.91 Å². The fraction of sp³-hybridized carbons (Fsp3) is 0.545. The van der Waals surface area contributed by atoms with E-state index in [1.807, 2.05) is 41.3 Å². The lowest BCUT2D eigenvalue weighted by atomic mass is 9.90. The first-order valence-electron chi connectivity index (χ1n) is 10.00. The molecule has 2 atom stereocenters. The van der Waals surface area contributed by atoms with Crippen molar-refractivity contribution in [2.75, 3.05) is 0 Å². The van der Waals surface area contributed by atoms with Crippen LogP contribution in [0.15, 0.2) is 36.4 Å². The summed E-state index contributed by atoms with van der Waals surface area (Å²) in [6.07, 6.45) is 9.75. The number of amides is 1. The van der Waals surface area contributed by atoms with Gasteiger partial charge in [-0.15, -0.1) is 0 Å². The minimum absolute atomic E-state index is 0.00983. The number of aliphatic hydroxyl groups is 1. The highest BCUT2D eigenvalue weighted by Gasteiger charge is 2.35. The Kier molecular flexibility index (Phi) is 7.04. The Morgan fingerprint density at radius 3 is 2.37 bits per heavy atom. The monoisotopic (exact) mass is 371 g/mol. The summed E-state index contributed by atoms with van der Waals surface area (Å²) < 4.78 is 5.78. The highest BCUT2D eigenvalue weighted by molar-refractivity contribution is 5.77. The number of carbonyl (C=O) groups is 2. The quantitative estimate of drug-likeness (QED) is 0.652. The van der Waals surface area contributed by atoms with Crippen molar-refractivity contribution in [1.82, 2.24) is 4.90 Å². The van der Waals surface area contributed by atoms with Crippen LogP contribution in [0.3, 0.4) is 0 Å². The van der Waals surface area contributed by atoms with Crippen molar-refractivity contribution < 1.29 is 19.4 Å². The lowest BCUT2D eigenvalue weighted by Crippen LogP contribution is -2.49. The molecular formula is C22H29NO4. The third-order valence-corrected chi connectivity index (χ3v) is 5.44. The minimum atomic E-state index is -0.213. The number of rotatable bonds is 3. The van der Waals surface area contributed by atoms with E-state index in [0.29, 0.717) is 32.2 Å². The molecule has 27 heavy (non-hydrogen) atoms. The van der Waals surface area contributed by atoms with Gasteiger partial charge < -0.3 is 14.7 Å². The number of fused-ring (bicyclic) bond motifs is 1. The molecule has 1 aromatic carbocycles. The lowest BCUT2D eigenvalue weighted by Gasteiger charge is -2.39. The van der Waals surface area contributed by atoms with Gasteiger partial charge in [0.1, 0.15) is 6.10 Å². The van der Waals surface area contributed by atoms with Crippen molar-refractivity contribution in [3.8, 4) is 0 Å². The van der Waals surface area contributed by atoms with E-state index in [2.05, 4.69) is 0 Å². The predicted molar refractivity (Wildman–Crippen MR) is 103 cm³/mol. The third-order valence-electron chi connectivity index (χ3n) is 5.44. The molecule has 146 valence electrons. The van der Waals surface area contributed by atoms with Crippen molar-refractivity contribution in [2.24, 2.45) is 0 Å². The van der Waals surface area contributed by atoms with Crippen molar-refractivity contribution in [3.05, 3.63) is 47.5 Å². The van der Waals surface area contributed by atoms with Crippen LogP contribution < -0.4 is 0 Å². The summed E-state index contributed by atoms with van der Waals surface area (Å²) in [5, 5.41) is 9.23. The maximum absolute atomic E-state index is 13.0. The summed E-state index contributed by atoms with van der Waals surface area (Å²) in [6, 6.07) is 7.63. The van der Waals surface area contributed by atoms with Gasteiger partial charge in [-0.3, -0.25) is 9.59 Å². The summed E-state index contributed by atoms with van der Waals surface area (Å²) in [4.78, 5) is 27.1. The maximum Gasteiger partial charge on any atom is 0.306 e. The molecule has 1 N–H and O–H groups in total. The van der Waals surface area contributed by atoms with Crippen molar-refractivity contribution >= 4 is 11.9 Å². The number of benzene rings is 1. The zero-order chi connectivity index (χ0) is 19.1. The van der Waals surface area contributed by atoms with Crippen LogP contribution in [-0.4, -0.2) is 34.0 Å². The molecule has 1 aliphatic carbocycles. The first kappa shape index (κ1) is 19.6. The zero-order valence-electron chi connectivity index (χ0n) is 15.8. The molecule has 0 radical (unpaired) electrons. The Balaban J connectivity index is 1.83. The van der Waals surface area contributed by atoms with Crippen molar-refractivity contribution in [1.29, 1.82) is 0 Å². The maximum atomic E-state index is 13.0. The number of aliphatic hydroxyl groups excluding tert-OH is 1. The van der Waals surface area contributed by atoms with Gasteiger partial charge in [0, 0.05) is 19.4 Å². The van der Waals surface area contributed by atoms with E-state index < -0.39 is 0 Å². The molecule has 1 aliphatic heterocycles. The molecule has 1 aromatic rings. The molecule has 1 saturated carbocycles. The Labute approximate surface area is 161 Å². The van der Waals surface area contributed by atoms with Crippen LogP contribution in [0.5, 0.6) is 0 Å². The van der Waals surface area contributed by atoms with E-state index in [-0.39, 0.29) is 30.6 Å². The molecule has 5 nitrogen and oxygen atoms in total. The van der Waals surface area contributed by atoms with E-state index >= 15 is 0 Å². The summed E-state index contributed by atoms with van der Waals surface area (Å²) in [7, 11) is 0. The van der Waals surface area contributed by atoms with Crippen LogP contribution in [0.25, 0.3) is 0 Å². The highest BCUT2D eigenvalue weighted by atomic mass is 16.5. The average molecular weight is 371 g/mol. The third kappa shape index (κ3) is 5.42. The minimum Gasteiger partial charge on any atom is -0.460 e. The van der Waals surface area contributed by atoms with Gasteiger partial charge in [0.05, 0.1) is 12.6 Å². The molecule has 1 heterocycles. The largest absolute Gasteiger partial charge is 0.460 e. The highest BCUT2D eigenvalue weighted by Crippen LogP contribution is 2.28. The van der Waals surface area contributed by atoms with Gasteiger partial charge in [-0.05, 0) is 43.2 Å². The zero-order valence-corrected chi connectivity index (χ0v) is 15.8. The number of esters is 1. The summed E-state index contributed by atoms with van der Waals surface area (Å²) >= 11 is 0. The first-order chi connectivity index (χ1) is 13.2. The van der Waals surface area contributed by atoms with Crippen LogP contribution in [0.2, 0.25) is 0 Å². The van der Waals surface area contributed by atoms with E-state index in [9.17, 15) is 14.7 Å². The number of hydrogen-bond donors (Lipinski definition) is 1. The molecule has 3 rings (SSSR count). The number of hydrogen-bond acceptors (Lipinski definition) is 4. The van der Waals surface area contributed by atoms with Gasteiger partial charge in [-0.25, -0.2) is 0 Å². The second-order valence-electron chi connectivity index (χ2n) is 7.43. The van der Waals surface area contributed by atoms with Crippen molar-refractivity contribution in [3.63, 3.8) is 0 Å². The summed E-state index contributed by atoms with van der Waals surface area (Å²) in [6.45, 7) is 0.517. The van der Waals surface area contributed by atoms with E-state index in [1.165, 1.54) is 0 Å². The lowest BCUT2D eigenvalue weighted by molar-refractivity contribution is -0.159. The molecule has 1 amide bonds. The van der Waals surface area contributed by atoms with Gasteiger partial charge >= 0.3 is 5.97 Å². The molecule has 0 saturated heterocycles. The average Bonchev–Trinajstić information content (AvgIpc) is 2.69. The Morgan fingerprint density at radius 2 is 1.63 bits per heavy atom. The molecule has 0 spiro atoms. The number of carbonyl (C=O) groups excluding carboxylic acids is 2. The van der Waals surface area contributed by atoms with Gasteiger partial charge in [-0.1, -0.05) is 42.8 Å². The van der Waals surface area contributed by atoms with Gasteiger partial charge in [0.25, 0.3) is 0 Å². The molecule has 0 bridgehead atoms. The van der Waals surface area contributed by atoms with Crippen LogP contribution in [-0.2, 0) is 27.5 Å². The second-order valence-corrected chi connectivity index (χ2v) is 7.43. The molecule has 0 unspecified atom stereocenters. The van der Waals surface area contributed by atoms with Crippen molar-refractivity contribution in [2.45, 2.75) is 76.7 Å². The molecular weight excluding hydrogens is 342 g/mol. The summed E-state index contributed by atoms with van der Waals surface area (Å²) in [5.74, 6) is -0.0590. The van der Waals surface area contributed by atoms with E-state index in [1.54, 1.807) is 0 Å². The number of allylic oxidation sites excluding steroid dienone is 2. The predicted octanol–water partition coefficient (Wildman–Crippen LogP) is 3.49. The Morgan fingerprint density at radius 1 is 0.963 bits per heavy atom. The van der Waals surface area contributed by atoms with Gasteiger partial charge in [-0.2, -0.15) is 0 Å². The Hall–Kier alpha value is -2.14. The standard InChI is InChI=1S/C22H29NO4/c24-16-18-13-11-17(12-14-18)15-23-19-7-5-6-8-20(19)27-22(26)10-4-2-1-3-9-21(23)25/h1-2,11-14,19-20,24H,3-10,15-16H2/b2-1+/t19-,20-/m1/s1. The molecule has 2 aliphatic rings. The number of ether oxygens (including phenoxy) is 1. The molecule has 1 fully saturated rings. The molecule has 5 heteroatoms. The van der Waals surface area contributed by atoms with Crippen LogP contribution in [0.1, 0.15) is 62.5 Å². The van der Waals surface area contributed by atoms with E-state index in [4.69, 9.17) is 4.74 Å². The van der Waals surface area contributed by atoms with Crippen LogP contribution in [0.4, 0.5) is 0 Å². The summed E-state index contributed by atoms with van der Waals surface area (Å²) in [5.41, 5.74) is 1.88. The normalized spacial score (nSPS) is 25.7. The fourth-order valence-corrected chi connectivity index (χ4v) is 3.92. The molecule has 0 aromatic heterocycles. The smallest absolute Gasteiger partial charge is 0.306 e. The SMILES string of the molecule is O=C1CC/C=C/CCC(=O)N(Cc2ccc(CO)cc2)[C@@H]2CCCC[C@H]2O1. The first-order valence-corrected chi connectivity index (χ1v) is 10.00. The topological polar surface area (TPSA) is 66.8 Å². The fourth-order valence-electron chi connectivity index (χ4n) is 3.92. The van der Waals surface area contributed by atoms with Gasteiger partial charge in [0.15, 0.2) is 0 Å². The van der Waals surface area contributed by atoms with Crippen LogP contribution in [0, 0.1) is 0 Å². The Bertz CT molecular complexity index is 667. The second kappa shape index (κ2) is 9.70. The van der Waals surface area contributed by atoms with Crippen LogP contribution >= 0.6 is 0 Å².